The number of allylic oxidation sites excluding steroid dienone is 3. The highest BCUT2D eigenvalue weighted by molar-refractivity contribution is 6.09. The summed E-state index contributed by atoms with van der Waals surface area (Å²) in [7, 11) is 0. The summed E-state index contributed by atoms with van der Waals surface area (Å²) >= 11 is 0. The SMILES string of the molecule is Cc1cc(-c2ccc3c(c2)C(C)(C)c2cc(N(c4ccc(C(C)C)cc4)c4ccc(C(C)(C)C)cc4)ccc2-3)c2ccc3c4c2c1CC=C4CC(C(C)(C)C)=C3. The van der Waals surface area contributed by atoms with E-state index in [1.807, 2.05) is 0 Å². The lowest BCUT2D eigenvalue weighted by Gasteiger charge is -2.32. The molecule has 282 valence electrons. The standard InChI is InChI=1S/C55H57N/c1-33(2)35-12-19-41(20-13-35)56(42-21-17-39(18-22-42)53(4,5)6)43-23-27-46-45-25-14-36(31-49(45)55(10,11)50(46)32-43)48-28-34(3)44-24-15-37-29-40(54(7,8)9)30-38-16-26-47(48)52(44)51(37)38/h12-23,25-28,30-33H,24,29H2,1-11H3. The van der Waals surface area contributed by atoms with Gasteiger partial charge in [0.2, 0.25) is 0 Å². The molecule has 56 heavy (non-hydrogen) atoms. The third-order valence-electron chi connectivity index (χ3n) is 13.3. The lowest BCUT2D eigenvalue weighted by molar-refractivity contribution is 0.498. The fraction of sp³-hybridized carbons (Fsp3) is 0.309. The molecule has 0 bridgehead atoms. The van der Waals surface area contributed by atoms with Crippen LogP contribution in [0.5, 0.6) is 0 Å². The Morgan fingerprint density at radius 3 is 1.91 bits per heavy atom. The van der Waals surface area contributed by atoms with Crippen molar-refractivity contribution in [2.45, 2.75) is 106 Å². The number of nitrogens with zero attached hydrogens (tertiary/aromatic N) is 1. The van der Waals surface area contributed by atoms with Crippen molar-refractivity contribution in [1.82, 2.24) is 0 Å². The highest BCUT2D eigenvalue weighted by Gasteiger charge is 2.37. The van der Waals surface area contributed by atoms with Gasteiger partial charge in [0, 0.05) is 22.5 Å². The maximum absolute atomic E-state index is 2.51. The van der Waals surface area contributed by atoms with E-state index in [4.69, 9.17) is 0 Å². The van der Waals surface area contributed by atoms with Crippen molar-refractivity contribution in [3.8, 4) is 22.3 Å². The molecular weight excluding hydrogens is 675 g/mol. The summed E-state index contributed by atoms with van der Waals surface area (Å²) < 4.78 is 0. The number of aryl methyl sites for hydroxylation is 1. The molecule has 0 aromatic heterocycles. The van der Waals surface area contributed by atoms with Crippen LogP contribution in [-0.2, 0) is 17.3 Å². The lowest BCUT2D eigenvalue weighted by atomic mass is 9.72. The molecule has 0 amide bonds. The van der Waals surface area contributed by atoms with Crippen molar-refractivity contribution in [2.24, 2.45) is 5.41 Å². The van der Waals surface area contributed by atoms with E-state index in [1.54, 1.807) is 0 Å². The molecule has 0 atom stereocenters. The van der Waals surface area contributed by atoms with Crippen molar-refractivity contribution < 1.29 is 0 Å². The van der Waals surface area contributed by atoms with Crippen LogP contribution < -0.4 is 4.90 Å². The highest BCUT2D eigenvalue weighted by Crippen LogP contribution is 2.53. The molecule has 0 fully saturated rings. The number of anilines is 3. The van der Waals surface area contributed by atoms with Crippen LogP contribution in [0.2, 0.25) is 0 Å². The normalized spacial score (nSPS) is 15.4. The minimum atomic E-state index is -0.167. The van der Waals surface area contributed by atoms with E-state index in [1.165, 1.54) is 106 Å². The van der Waals surface area contributed by atoms with Gasteiger partial charge in [-0.3, -0.25) is 0 Å². The molecule has 1 nitrogen and oxygen atoms in total. The second-order valence-corrected chi connectivity index (χ2v) is 19.7. The Morgan fingerprint density at radius 2 is 1.27 bits per heavy atom. The van der Waals surface area contributed by atoms with Crippen molar-refractivity contribution >= 4 is 39.5 Å². The molecule has 0 saturated carbocycles. The van der Waals surface area contributed by atoms with Gasteiger partial charge in [-0.15, -0.1) is 0 Å². The molecule has 3 aliphatic carbocycles. The van der Waals surface area contributed by atoms with Crippen LogP contribution in [0.4, 0.5) is 17.1 Å². The number of rotatable bonds is 5. The summed E-state index contributed by atoms with van der Waals surface area (Å²) in [6.45, 7) is 25.6. The van der Waals surface area contributed by atoms with Gasteiger partial charge >= 0.3 is 0 Å². The topological polar surface area (TPSA) is 3.24 Å². The van der Waals surface area contributed by atoms with Gasteiger partial charge in [0.15, 0.2) is 0 Å². The van der Waals surface area contributed by atoms with Gasteiger partial charge in [0.05, 0.1) is 0 Å². The molecule has 0 radical (unpaired) electrons. The second-order valence-electron chi connectivity index (χ2n) is 19.7. The fourth-order valence-electron chi connectivity index (χ4n) is 9.71. The van der Waals surface area contributed by atoms with Crippen molar-refractivity contribution in [2.75, 3.05) is 4.90 Å². The minimum Gasteiger partial charge on any atom is -0.310 e. The molecule has 0 saturated heterocycles. The molecule has 1 heteroatoms. The largest absolute Gasteiger partial charge is 0.310 e. The Labute approximate surface area is 335 Å². The van der Waals surface area contributed by atoms with E-state index in [-0.39, 0.29) is 16.2 Å². The minimum absolute atomic E-state index is 0.0971. The Kier molecular flexibility index (Phi) is 8.27. The summed E-state index contributed by atoms with van der Waals surface area (Å²) in [5.41, 5.74) is 23.3. The van der Waals surface area contributed by atoms with E-state index in [0.29, 0.717) is 5.92 Å². The van der Waals surface area contributed by atoms with Crippen LogP contribution in [0.25, 0.3) is 44.7 Å². The molecular formula is C55H57N. The van der Waals surface area contributed by atoms with E-state index in [2.05, 4.69) is 196 Å². The van der Waals surface area contributed by atoms with Crippen LogP contribution in [0.15, 0.2) is 115 Å². The first-order valence-electron chi connectivity index (χ1n) is 20.8. The Bertz CT molecular complexity index is 2630. The summed E-state index contributed by atoms with van der Waals surface area (Å²) in [4.78, 5) is 2.44. The average molecular weight is 732 g/mol. The molecule has 0 aliphatic heterocycles. The van der Waals surface area contributed by atoms with Gasteiger partial charge in [-0.25, -0.2) is 0 Å². The van der Waals surface area contributed by atoms with E-state index in [0.717, 1.165) is 12.8 Å². The third-order valence-corrected chi connectivity index (χ3v) is 13.3. The quantitative estimate of drug-likeness (QED) is 0.171. The number of hydrogen-bond acceptors (Lipinski definition) is 1. The van der Waals surface area contributed by atoms with Crippen molar-refractivity contribution in [3.63, 3.8) is 0 Å². The van der Waals surface area contributed by atoms with Gasteiger partial charge in [-0.1, -0.05) is 148 Å². The lowest BCUT2D eigenvalue weighted by Crippen LogP contribution is -2.17. The van der Waals surface area contributed by atoms with Gasteiger partial charge < -0.3 is 4.90 Å². The molecule has 6 aromatic rings. The summed E-state index contributed by atoms with van der Waals surface area (Å²) in [5.74, 6) is 0.489. The van der Waals surface area contributed by atoms with E-state index >= 15 is 0 Å². The maximum atomic E-state index is 2.51. The zero-order chi connectivity index (χ0) is 39.5. The third kappa shape index (κ3) is 5.80. The Morgan fingerprint density at radius 1 is 0.643 bits per heavy atom. The molecule has 0 N–H and O–H groups in total. The van der Waals surface area contributed by atoms with Crippen molar-refractivity contribution in [3.05, 3.63) is 159 Å². The van der Waals surface area contributed by atoms with Gasteiger partial charge in [0.25, 0.3) is 0 Å². The van der Waals surface area contributed by atoms with Crippen molar-refractivity contribution in [1.29, 1.82) is 0 Å². The monoisotopic (exact) mass is 731 g/mol. The summed E-state index contributed by atoms with van der Waals surface area (Å²) in [6, 6.07) is 40.1. The number of fused-ring (bicyclic) bond motifs is 3. The first-order valence-corrected chi connectivity index (χ1v) is 20.8. The highest BCUT2D eigenvalue weighted by atomic mass is 15.1. The first-order chi connectivity index (χ1) is 26.5. The van der Waals surface area contributed by atoms with Gasteiger partial charge in [-0.2, -0.15) is 0 Å². The molecule has 3 aliphatic rings. The second kappa shape index (κ2) is 12.7. The van der Waals surface area contributed by atoms with Crippen LogP contribution in [0.3, 0.4) is 0 Å². The van der Waals surface area contributed by atoms with Crippen LogP contribution in [-0.4, -0.2) is 0 Å². The molecule has 0 spiro atoms. The first kappa shape index (κ1) is 36.5. The fourth-order valence-corrected chi connectivity index (χ4v) is 9.71. The molecule has 0 heterocycles. The Hall–Kier alpha value is -5.14. The van der Waals surface area contributed by atoms with Crippen LogP contribution in [0.1, 0.15) is 126 Å². The molecule has 0 unspecified atom stereocenters. The summed E-state index contributed by atoms with van der Waals surface area (Å²) in [5, 5.41) is 2.86. The number of benzene rings is 6. The van der Waals surface area contributed by atoms with E-state index < -0.39 is 0 Å². The predicted molar refractivity (Wildman–Crippen MR) is 243 cm³/mol. The summed E-state index contributed by atoms with van der Waals surface area (Å²) in [6.07, 6.45) is 7.06. The smallest absolute Gasteiger partial charge is 0.0465 e. The van der Waals surface area contributed by atoms with E-state index in [9.17, 15) is 0 Å². The predicted octanol–water partition coefficient (Wildman–Crippen LogP) is 15.8. The molecule has 9 rings (SSSR count). The van der Waals surface area contributed by atoms with Gasteiger partial charge in [-0.05, 0) is 162 Å². The van der Waals surface area contributed by atoms with Crippen LogP contribution in [0, 0.1) is 12.3 Å². The van der Waals surface area contributed by atoms with Gasteiger partial charge in [0.1, 0.15) is 0 Å². The zero-order valence-electron chi connectivity index (χ0n) is 35.4. The Balaban J connectivity index is 1.14. The zero-order valence-corrected chi connectivity index (χ0v) is 35.4. The van der Waals surface area contributed by atoms with Crippen LogP contribution >= 0.6 is 0 Å². The molecule has 6 aromatic carbocycles. The maximum Gasteiger partial charge on any atom is 0.0465 e. The average Bonchev–Trinajstić information content (AvgIpc) is 3.38. The number of hydrogen-bond donors (Lipinski definition) is 0.